The molecule has 0 aliphatic rings. The fourth-order valence-corrected chi connectivity index (χ4v) is 2.48. The lowest BCUT2D eigenvalue weighted by Gasteiger charge is -2.14. The van der Waals surface area contributed by atoms with E-state index in [1.54, 1.807) is 29.9 Å². The monoisotopic (exact) mass is 347 g/mol. The van der Waals surface area contributed by atoms with Gasteiger partial charge in [0.15, 0.2) is 4.77 Å². The van der Waals surface area contributed by atoms with Gasteiger partial charge in [-0.3, -0.25) is 9.78 Å². The summed E-state index contributed by atoms with van der Waals surface area (Å²) in [5.74, 6) is 0.646. The average Bonchev–Trinajstić information content (AvgIpc) is 2.41. The van der Waals surface area contributed by atoms with Gasteiger partial charge < -0.3 is 15.0 Å². The molecule has 0 unspecified atom stereocenters. The Kier molecular flexibility index (Phi) is 6.42. The van der Waals surface area contributed by atoms with E-state index in [4.69, 9.17) is 34.3 Å². The zero-order valence-electron chi connectivity index (χ0n) is 11.3. The second kappa shape index (κ2) is 7.61. The Labute approximate surface area is 138 Å². The van der Waals surface area contributed by atoms with Crippen molar-refractivity contribution in [2.75, 3.05) is 13.7 Å². The van der Waals surface area contributed by atoms with E-state index >= 15 is 0 Å². The number of hydrogen-bond donors (Lipinski definition) is 2. The van der Waals surface area contributed by atoms with Crippen molar-refractivity contribution in [1.82, 2.24) is 9.55 Å². The Morgan fingerprint density at radius 2 is 2.14 bits per heavy atom. The predicted octanol–water partition coefficient (Wildman–Crippen LogP) is 2.62. The number of H-pyrrole nitrogens is 1. The van der Waals surface area contributed by atoms with Crippen LogP contribution in [0.1, 0.15) is 0 Å². The topological polar surface area (TPSA) is 73.0 Å². The molecule has 0 atom stereocenters. The van der Waals surface area contributed by atoms with Gasteiger partial charge in [-0.2, -0.15) is 0 Å². The van der Waals surface area contributed by atoms with Crippen LogP contribution >= 0.6 is 36.2 Å². The first kappa shape index (κ1) is 17.7. The minimum absolute atomic E-state index is 0. The number of benzene rings is 1. The molecule has 1 heterocycles. The van der Waals surface area contributed by atoms with Crippen molar-refractivity contribution in [3.63, 3.8) is 0 Å². The van der Waals surface area contributed by atoms with Gasteiger partial charge in [0.25, 0.3) is 5.56 Å². The highest BCUT2D eigenvalue weighted by Crippen LogP contribution is 2.30. The van der Waals surface area contributed by atoms with Crippen molar-refractivity contribution in [3.8, 4) is 17.0 Å². The molecule has 114 valence electrons. The van der Waals surface area contributed by atoms with Gasteiger partial charge in [-0.15, -0.1) is 12.4 Å². The van der Waals surface area contributed by atoms with Crippen LogP contribution in [0.5, 0.6) is 5.75 Å². The lowest BCUT2D eigenvalue weighted by atomic mass is 10.1. The Hall–Kier alpha value is -1.34. The summed E-state index contributed by atoms with van der Waals surface area (Å²) in [5.41, 5.74) is 6.66. The summed E-state index contributed by atoms with van der Waals surface area (Å²) < 4.78 is 7.19. The first-order valence-electron chi connectivity index (χ1n) is 5.95. The number of aromatic nitrogens is 2. The number of nitrogens with two attached hydrogens (primary N) is 1. The van der Waals surface area contributed by atoms with Gasteiger partial charge in [-0.25, -0.2) is 0 Å². The van der Waals surface area contributed by atoms with Gasteiger partial charge in [0.1, 0.15) is 5.75 Å². The van der Waals surface area contributed by atoms with E-state index in [9.17, 15) is 4.79 Å². The SMILES string of the molecule is COc1ccc(-c2cc(=O)[nH]c(=S)n2CCN)c(Cl)c1.Cl. The van der Waals surface area contributed by atoms with Gasteiger partial charge in [-0.1, -0.05) is 11.6 Å². The second-order valence-corrected chi connectivity index (χ2v) is 4.90. The fraction of sp³-hybridized carbons (Fsp3) is 0.231. The molecule has 5 nitrogen and oxygen atoms in total. The van der Waals surface area contributed by atoms with E-state index in [0.29, 0.717) is 39.9 Å². The quantitative estimate of drug-likeness (QED) is 0.833. The molecule has 2 aromatic rings. The van der Waals surface area contributed by atoms with Crippen molar-refractivity contribution in [2.45, 2.75) is 6.54 Å². The molecule has 1 aromatic carbocycles. The van der Waals surface area contributed by atoms with Crippen molar-refractivity contribution in [1.29, 1.82) is 0 Å². The Bertz CT molecular complexity index is 743. The summed E-state index contributed by atoms with van der Waals surface area (Å²) in [5, 5.41) is 0.482. The molecule has 0 saturated carbocycles. The zero-order chi connectivity index (χ0) is 14.7. The molecule has 0 aliphatic heterocycles. The molecular formula is C13H15Cl2N3O2S. The highest BCUT2D eigenvalue weighted by molar-refractivity contribution is 7.71. The van der Waals surface area contributed by atoms with Crippen LogP contribution in [0.15, 0.2) is 29.1 Å². The van der Waals surface area contributed by atoms with E-state index in [-0.39, 0.29) is 18.0 Å². The average molecular weight is 348 g/mol. The summed E-state index contributed by atoms with van der Waals surface area (Å²) in [6.07, 6.45) is 0. The van der Waals surface area contributed by atoms with Crippen LogP contribution in [-0.4, -0.2) is 23.2 Å². The first-order valence-corrected chi connectivity index (χ1v) is 6.73. The van der Waals surface area contributed by atoms with Crippen LogP contribution in [-0.2, 0) is 6.54 Å². The van der Waals surface area contributed by atoms with Crippen LogP contribution in [0.4, 0.5) is 0 Å². The summed E-state index contributed by atoms with van der Waals surface area (Å²) >= 11 is 11.4. The van der Waals surface area contributed by atoms with Crippen LogP contribution in [0.25, 0.3) is 11.3 Å². The molecule has 0 amide bonds. The molecule has 0 spiro atoms. The van der Waals surface area contributed by atoms with Gasteiger partial charge in [0, 0.05) is 24.7 Å². The number of rotatable bonds is 4. The number of aromatic amines is 1. The maximum absolute atomic E-state index is 11.6. The van der Waals surface area contributed by atoms with Crippen molar-refractivity contribution in [2.24, 2.45) is 5.73 Å². The fourth-order valence-electron chi connectivity index (χ4n) is 1.93. The molecule has 3 N–H and O–H groups in total. The van der Waals surface area contributed by atoms with Crippen LogP contribution in [0, 0.1) is 4.77 Å². The molecule has 0 bridgehead atoms. The molecule has 1 aromatic heterocycles. The summed E-state index contributed by atoms with van der Waals surface area (Å²) in [7, 11) is 1.56. The van der Waals surface area contributed by atoms with Crippen LogP contribution < -0.4 is 16.0 Å². The van der Waals surface area contributed by atoms with Crippen LogP contribution in [0.2, 0.25) is 5.02 Å². The second-order valence-electron chi connectivity index (χ2n) is 4.11. The van der Waals surface area contributed by atoms with Crippen molar-refractivity contribution in [3.05, 3.63) is 44.4 Å². The number of hydrogen-bond acceptors (Lipinski definition) is 4. The molecule has 2 rings (SSSR count). The maximum Gasteiger partial charge on any atom is 0.252 e. The third-order valence-corrected chi connectivity index (χ3v) is 3.47. The van der Waals surface area contributed by atoms with E-state index in [1.165, 1.54) is 6.07 Å². The van der Waals surface area contributed by atoms with Gasteiger partial charge in [0.2, 0.25) is 0 Å². The first-order chi connectivity index (χ1) is 9.56. The van der Waals surface area contributed by atoms with Crippen molar-refractivity contribution >= 4 is 36.2 Å². The van der Waals surface area contributed by atoms with E-state index in [2.05, 4.69) is 4.98 Å². The smallest absolute Gasteiger partial charge is 0.252 e. The minimum Gasteiger partial charge on any atom is -0.497 e. The lowest BCUT2D eigenvalue weighted by Crippen LogP contribution is -2.18. The van der Waals surface area contributed by atoms with E-state index < -0.39 is 0 Å². The predicted molar refractivity (Wildman–Crippen MR) is 89.2 cm³/mol. The minimum atomic E-state index is -0.273. The number of nitrogens with one attached hydrogen (secondary N) is 1. The largest absolute Gasteiger partial charge is 0.497 e. The number of methoxy groups -OCH3 is 1. The summed E-state index contributed by atoms with van der Waals surface area (Å²) in [4.78, 5) is 14.2. The van der Waals surface area contributed by atoms with E-state index in [1.807, 2.05) is 0 Å². The number of nitrogens with zero attached hydrogens (tertiary/aromatic N) is 1. The maximum atomic E-state index is 11.6. The number of ether oxygens (including phenoxy) is 1. The van der Waals surface area contributed by atoms with Crippen molar-refractivity contribution < 1.29 is 4.74 Å². The Balaban J connectivity index is 0.00000220. The zero-order valence-corrected chi connectivity index (χ0v) is 13.6. The molecule has 0 aliphatic carbocycles. The third kappa shape index (κ3) is 3.85. The van der Waals surface area contributed by atoms with E-state index in [0.717, 1.165) is 0 Å². The highest BCUT2D eigenvalue weighted by atomic mass is 35.5. The number of halogens is 2. The summed E-state index contributed by atoms with van der Waals surface area (Å²) in [6, 6.07) is 6.71. The molecule has 0 fully saturated rings. The Morgan fingerprint density at radius 1 is 1.43 bits per heavy atom. The highest BCUT2D eigenvalue weighted by Gasteiger charge is 2.10. The Morgan fingerprint density at radius 3 is 2.71 bits per heavy atom. The molecule has 0 radical (unpaired) electrons. The van der Waals surface area contributed by atoms with Gasteiger partial charge >= 0.3 is 0 Å². The molecule has 21 heavy (non-hydrogen) atoms. The third-order valence-electron chi connectivity index (χ3n) is 2.84. The molecule has 0 saturated heterocycles. The lowest BCUT2D eigenvalue weighted by molar-refractivity contribution is 0.415. The summed E-state index contributed by atoms with van der Waals surface area (Å²) in [6.45, 7) is 0.897. The normalized spacial score (nSPS) is 10.0. The van der Waals surface area contributed by atoms with Gasteiger partial charge in [-0.05, 0) is 30.4 Å². The van der Waals surface area contributed by atoms with Crippen LogP contribution in [0.3, 0.4) is 0 Å². The molecular weight excluding hydrogens is 333 g/mol. The standard InChI is InChI=1S/C13H14ClN3O2S.ClH/c1-19-8-2-3-9(10(14)6-8)11-7-12(18)16-13(20)17(11)5-4-15;/h2-3,6-7H,4-5,15H2,1H3,(H,16,18,20);1H. The molecule has 8 heteroatoms. The van der Waals surface area contributed by atoms with Gasteiger partial charge in [0.05, 0.1) is 17.8 Å².